The standard InChI is InChI=1S/C12H14ClNS/c1-14-6-2-3-9-8-15-12-5-4-10(13)7-11(9)12/h4-5,7-8,14H,2-3,6H2,1H3. The van der Waals surface area contributed by atoms with Gasteiger partial charge in [0, 0.05) is 9.72 Å². The van der Waals surface area contributed by atoms with Crippen LogP contribution in [0, 0.1) is 0 Å². The molecule has 0 saturated carbocycles. The van der Waals surface area contributed by atoms with Crippen LogP contribution >= 0.6 is 22.9 Å². The first-order chi connectivity index (χ1) is 7.31. The molecule has 0 radical (unpaired) electrons. The summed E-state index contributed by atoms with van der Waals surface area (Å²) in [6, 6.07) is 6.13. The van der Waals surface area contributed by atoms with E-state index in [1.54, 1.807) is 11.3 Å². The Morgan fingerprint density at radius 3 is 3.07 bits per heavy atom. The normalized spacial score (nSPS) is 11.1. The highest BCUT2D eigenvalue weighted by atomic mass is 35.5. The monoisotopic (exact) mass is 239 g/mol. The summed E-state index contributed by atoms with van der Waals surface area (Å²) in [5.41, 5.74) is 1.42. The van der Waals surface area contributed by atoms with Crippen LogP contribution in [-0.2, 0) is 6.42 Å². The molecule has 0 atom stereocenters. The van der Waals surface area contributed by atoms with Crippen LogP contribution in [0.15, 0.2) is 23.6 Å². The average Bonchev–Trinajstić information content (AvgIpc) is 2.62. The van der Waals surface area contributed by atoms with Crippen molar-refractivity contribution < 1.29 is 0 Å². The van der Waals surface area contributed by atoms with Crippen molar-refractivity contribution in [1.29, 1.82) is 0 Å². The van der Waals surface area contributed by atoms with E-state index in [1.807, 2.05) is 13.1 Å². The number of rotatable bonds is 4. The fourth-order valence-electron chi connectivity index (χ4n) is 1.70. The molecule has 0 aliphatic heterocycles. The largest absolute Gasteiger partial charge is 0.320 e. The number of aryl methyl sites for hydroxylation is 1. The van der Waals surface area contributed by atoms with Crippen molar-refractivity contribution in [2.75, 3.05) is 13.6 Å². The van der Waals surface area contributed by atoms with Gasteiger partial charge in [0.15, 0.2) is 0 Å². The fourth-order valence-corrected chi connectivity index (χ4v) is 2.85. The second kappa shape index (κ2) is 4.97. The second-order valence-corrected chi connectivity index (χ2v) is 4.96. The van der Waals surface area contributed by atoms with Gasteiger partial charge in [0.05, 0.1) is 0 Å². The first-order valence-corrected chi connectivity index (χ1v) is 6.37. The average molecular weight is 240 g/mol. The van der Waals surface area contributed by atoms with Crippen LogP contribution in [-0.4, -0.2) is 13.6 Å². The van der Waals surface area contributed by atoms with E-state index in [0.29, 0.717) is 0 Å². The number of fused-ring (bicyclic) bond motifs is 1. The molecule has 0 unspecified atom stereocenters. The van der Waals surface area contributed by atoms with Gasteiger partial charge in [-0.25, -0.2) is 0 Å². The van der Waals surface area contributed by atoms with Gasteiger partial charge in [0.2, 0.25) is 0 Å². The molecule has 1 aromatic heterocycles. The topological polar surface area (TPSA) is 12.0 Å². The van der Waals surface area contributed by atoms with Gasteiger partial charge in [-0.2, -0.15) is 0 Å². The zero-order valence-corrected chi connectivity index (χ0v) is 10.3. The first kappa shape index (κ1) is 10.9. The van der Waals surface area contributed by atoms with Crippen molar-refractivity contribution in [3.63, 3.8) is 0 Å². The highest BCUT2D eigenvalue weighted by molar-refractivity contribution is 7.17. The number of thiophene rings is 1. The smallest absolute Gasteiger partial charge is 0.0413 e. The molecule has 1 N–H and O–H groups in total. The molecule has 0 saturated heterocycles. The van der Waals surface area contributed by atoms with Gasteiger partial charge in [0.25, 0.3) is 0 Å². The molecule has 1 aromatic carbocycles. The quantitative estimate of drug-likeness (QED) is 0.803. The third-order valence-electron chi connectivity index (χ3n) is 2.49. The molecule has 3 heteroatoms. The lowest BCUT2D eigenvalue weighted by atomic mass is 10.1. The van der Waals surface area contributed by atoms with E-state index in [1.165, 1.54) is 22.1 Å². The maximum Gasteiger partial charge on any atom is 0.0413 e. The molecule has 1 nitrogen and oxygen atoms in total. The van der Waals surface area contributed by atoms with Crippen LogP contribution in [0.1, 0.15) is 12.0 Å². The summed E-state index contributed by atoms with van der Waals surface area (Å²) in [5.74, 6) is 0. The Bertz CT molecular complexity index is 450. The summed E-state index contributed by atoms with van der Waals surface area (Å²) in [6.45, 7) is 1.07. The van der Waals surface area contributed by atoms with Crippen LogP contribution in [0.3, 0.4) is 0 Å². The minimum Gasteiger partial charge on any atom is -0.320 e. The van der Waals surface area contributed by atoms with Crippen LogP contribution < -0.4 is 5.32 Å². The summed E-state index contributed by atoms with van der Waals surface area (Å²) >= 11 is 7.80. The Balaban J connectivity index is 2.23. The number of hydrogen-bond acceptors (Lipinski definition) is 2. The minimum absolute atomic E-state index is 0.829. The molecular formula is C12H14ClNS. The molecule has 0 amide bonds. The summed E-state index contributed by atoms with van der Waals surface area (Å²) in [7, 11) is 1.99. The summed E-state index contributed by atoms with van der Waals surface area (Å²) in [6.07, 6.45) is 2.30. The molecule has 1 heterocycles. The predicted octanol–water partition coefficient (Wildman–Crippen LogP) is 3.71. The maximum atomic E-state index is 6.00. The van der Waals surface area contributed by atoms with Gasteiger partial charge < -0.3 is 5.32 Å². The molecule has 0 aliphatic rings. The van der Waals surface area contributed by atoms with Gasteiger partial charge in [0.1, 0.15) is 0 Å². The van der Waals surface area contributed by atoms with Gasteiger partial charge in [-0.3, -0.25) is 0 Å². The third-order valence-corrected chi connectivity index (χ3v) is 3.74. The van der Waals surface area contributed by atoms with Crippen LogP contribution in [0.4, 0.5) is 0 Å². The van der Waals surface area contributed by atoms with Gasteiger partial charge in [-0.15, -0.1) is 11.3 Å². The number of benzene rings is 1. The molecule has 15 heavy (non-hydrogen) atoms. The SMILES string of the molecule is CNCCCc1csc2ccc(Cl)cc12. The van der Waals surface area contributed by atoms with E-state index in [2.05, 4.69) is 22.8 Å². The van der Waals surface area contributed by atoms with E-state index >= 15 is 0 Å². The Morgan fingerprint density at radius 1 is 1.40 bits per heavy atom. The molecule has 0 bridgehead atoms. The van der Waals surface area contributed by atoms with Crippen molar-refractivity contribution in [2.24, 2.45) is 0 Å². The van der Waals surface area contributed by atoms with Crippen molar-refractivity contribution >= 4 is 33.0 Å². The molecule has 0 spiro atoms. The lowest BCUT2D eigenvalue weighted by Crippen LogP contribution is -2.08. The molecule has 2 rings (SSSR count). The van der Waals surface area contributed by atoms with Crippen LogP contribution in [0.5, 0.6) is 0 Å². The fraction of sp³-hybridized carbons (Fsp3) is 0.333. The van der Waals surface area contributed by atoms with E-state index in [9.17, 15) is 0 Å². The van der Waals surface area contributed by atoms with Crippen LogP contribution in [0.2, 0.25) is 5.02 Å². The van der Waals surface area contributed by atoms with E-state index in [0.717, 1.165) is 18.0 Å². The lowest BCUT2D eigenvalue weighted by Gasteiger charge is -1.99. The van der Waals surface area contributed by atoms with Crippen molar-refractivity contribution in [2.45, 2.75) is 12.8 Å². The maximum absolute atomic E-state index is 6.00. The predicted molar refractivity (Wildman–Crippen MR) is 69.1 cm³/mol. The van der Waals surface area contributed by atoms with Crippen molar-refractivity contribution in [3.8, 4) is 0 Å². The van der Waals surface area contributed by atoms with E-state index < -0.39 is 0 Å². The third kappa shape index (κ3) is 2.51. The van der Waals surface area contributed by atoms with Gasteiger partial charge >= 0.3 is 0 Å². The molecule has 0 aliphatic carbocycles. The minimum atomic E-state index is 0.829. The Kier molecular flexibility index (Phi) is 3.62. The van der Waals surface area contributed by atoms with Gasteiger partial charge in [-0.05, 0) is 61.0 Å². The van der Waals surface area contributed by atoms with Crippen LogP contribution in [0.25, 0.3) is 10.1 Å². The van der Waals surface area contributed by atoms with E-state index in [4.69, 9.17) is 11.6 Å². The number of nitrogens with one attached hydrogen (secondary N) is 1. The Hall–Kier alpha value is -0.570. The number of halogens is 1. The highest BCUT2D eigenvalue weighted by Crippen LogP contribution is 2.29. The highest BCUT2D eigenvalue weighted by Gasteiger charge is 2.03. The summed E-state index contributed by atoms with van der Waals surface area (Å²) < 4.78 is 1.33. The van der Waals surface area contributed by atoms with E-state index in [-0.39, 0.29) is 0 Å². The summed E-state index contributed by atoms with van der Waals surface area (Å²) in [5, 5.41) is 7.57. The number of hydrogen-bond donors (Lipinski definition) is 1. The van der Waals surface area contributed by atoms with Crippen molar-refractivity contribution in [1.82, 2.24) is 5.32 Å². The molecular weight excluding hydrogens is 226 g/mol. The molecule has 0 fully saturated rings. The van der Waals surface area contributed by atoms with Gasteiger partial charge in [-0.1, -0.05) is 11.6 Å². The zero-order chi connectivity index (χ0) is 10.7. The second-order valence-electron chi connectivity index (χ2n) is 3.61. The Labute approximate surface area is 99.1 Å². The molecule has 80 valence electrons. The lowest BCUT2D eigenvalue weighted by molar-refractivity contribution is 0.727. The zero-order valence-electron chi connectivity index (χ0n) is 8.72. The molecule has 2 aromatic rings. The Morgan fingerprint density at radius 2 is 2.27 bits per heavy atom. The van der Waals surface area contributed by atoms with Crippen molar-refractivity contribution in [3.05, 3.63) is 34.2 Å². The first-order valence-electron chi connectivity index (χ1n) is 5.11. The summed E-state index contributed by atoms with van der Waals surface area (Å²) in [4.78, 5) is 0.